The summed E-state index contributed by atoms with van der Waals surface area (Å²) >= 11 is 0. The number of amides is 1. The van der Waals surface area contributed by atoms with E-state index in [9.17, 15) is 4.79 Å². The number of nitrogens with zero attached hydrogens (tertiary/aromatic N) is 3. The number of carbonyl (C=O) groups is 1. The summed E-state index contributed by atoms with van der Waals surface area (Å²) in [5.41, 5.74) is 2.36. The van der Waals surface area contributed by atoms with Crippen LogP contribution < -0.4 is 5.32 Å². The van der Waals surface area contributed by atoms with Crippen LogP contribution in [0.1, 0.15) is 72.8 Å². The maximum Gasteiger partial charge on any atom is 0.287 e. The number of rotatable bonds is 7. The van der Waals surface area contributed by atoms with Crippen LogP contribution in [0.4, 0.5) is 0 Å². The van der Waals surface area contributed by atoms with Crippen molar-refractivity contribution in [1.29, 1.82) is 0 Å². The lowest BCUT2D eigenvalue weighted by atomic mass is 10.1. The van der Waals surface area contributed by atoms with E-state index in [-0.39, 0.29) is 17.4 Å². The molecule has 0 spiro atoms. The van der Waals surface area contributed by atoms with E-state index in [4.69, 9.17) is 4.42 Å². The van der Waals surface area contributed by atoms with Crippen molar-refractivity contribution in [3.05, 3.63) is 41.1 Å². The van der Waals surface area contributed by atoms with Gasteiger partial charge in [-0.15, -0.1) is 0 Å². The molecule has 1 atom stereocenters. The number of likely N-dealkylation sites (tertiary alicyclic amines) is 1. The first-order chi connectivity index (χ1) is 13.5. The van der Waals surface area contributed by atoms with Crippen LogP contribution >= 0.6 is 0 Å². The maximum absolute atomic E-state index is 12.6. The maximum atomic E-state index is 12.6. The summed E-state index contributed by atoms with van der Waals surface area (Å²) in [5.74, 6) is 1.19. The lowest BCUT2D eigenvalue weighted by molar-refractivity contribution is 0.0905. The van der Waals surface area contributed by atoms with Gasteiger partial charge in [0.1, 0.15) is 5.76 Å². The molecular formula is C22H32N4O2. The Morgan fingerprint density at radius 1 is 1.25 bits per heavy atom. The van der Waals surface area contributed by atoms with Crippen LogP contribution in [-0.2, 0) is 6.54 Å². The Bertz CT molecular complexity index is 827. The predicted molar refractivity (Wildman–Crippen MR) is 108 cm³/mol. The first-order valence-corrected chi connectivity index (χ1v) is 10.6. The Balaban J connectivity index is 1.33. The van der Waals surface area contributed by atoms with Gasteiger partial charge in [0.25, 0.3) is 5.91 Å². The van der Waals surface area contributed by atoms with Gasteiger partial charge in [-0.1, -0.05) is 6.42 Å². The highest BCUT2D eigenvalue weighted by molar-refractivity contribution is 5.91. The van der Waals surface area contributed by atoms with Crippen molar-refractivity contribution < 1.29 is 9.21 Å². The Labute approximate surface area is 167 Å². The van der Waals surface area contributed by atoms with E-state index >= 15 is 0 Å². The average Bonchev–Trinajstić information content (AvgIpc) is 3.14. The number of aromatic nitrogens is 2. The molecule has 0 unspecified atom stereocenters. The average molecular weight is 385 g/mol. The molecule has 4 rings (SSSR count). The monoisotopic (exact) mass is 384 g/mol. The summed E-state index contributed by atoms with van der Waals surface area (Å²) in [6.07, 6.45) is 6.06. The van der Waals surface area contributed by atoms with Crippen molar-refractivity contribution in [2.24, 2.45) is 5.41 Å². The van der Waals surface area contributed by atoms with Gasteiger partial charge in [-0.3, -0.25) is 14.4 Å². The minimum absolute atomic E-state index is 0.114. The molecule has 2 aromatic heterocycles. The van der Waals surface area contributed by atoms with E-state index < -0.39 is 0 Å². The highest BCUT2D eigenvalue weighted by Gasteiger charge is 2.43. The van der Waals surface area contributed by atoms with Gasteiger partial charge in [-0.2, -0.15) is 5.10 Å². The Kier molecular flexibility index (Phi) is 5.32. The topological polar surface area (TPSA) is 63.3 Å². The second kappa shape index (κ2) is 7.74. The Hall–Kier alpha value is -2.08. The van der Waals surface area contributed by atoms with E-state index in [1.165, 1.54) is 25.0 Å². The zero-order valence-corrected chi connectivity index (χ0v) is 17.3. The summed E-state index contributed by atoms with van der Waals surface area (Å²) < 4.78 is 7.98. The van der Waals surface area contributed by atoms with Crippen LogP contribution in [0.15, 0.2) is 22.6 Å². The fourth-order valence-corrected chi connectivity index (χ4v) is 4.26. The molecule has 3 heterocycles. The number of hydrogen-bond donors (Lipinski definition) is 1. The second-order valence-corrected chi connectivity index (χ2v) is 8.74. The van der Waals surface area contributed by atoms with Gasteiger partial charge in [-0.25, -0.2) is 0 Å². The molecule has 152 valence electrons. The normalized spacial score (nSPS) is 20.1. The van der Waals surface area contributed by atoms with Gasteiger partial charge in [-0.05, 0) is 77.7 Å². The molecule has 0 aromatic carbocycles. The van der Waals surface area contributed by atoms with Crippen LogP contribution in [0.2, 0.25) is 0 Å². The molecule has 1 N–H and O–H groups in total. The molecule has 1 aliphatic heterocycles. The molecule has 6 nitrogen and oxygen atoms in total. The van der Waals surface area contributed by atoms with Gasteiger partial charge in [0.15, 0.2) is 5.76 Å². The number of nitrogens with one attached hydrogen (secondary N) is 1. The van der Waals surface area contributed by atoms with E-state index in [0.29, 0.717) is 12.3 Å². The van der Waals surface area contributed by atoms with Crippen molar-refractivity contribution in [3.8, 4) is 0 Å². The molecule has 1 saturated carbocycles. The molecule has 2 aromatic rings. The molecule has 0 radical (unpaired) electrons. The minimum Gasteiger partial charge on any atom is -0.454 e. The van der Waals surface area contributed by atoms with Crippen LogP contribution in [0.3, 0.4) is 0 Å². The highest BCUT2D eigenvalue weighted by Crippen LogP contribution is 2.46. The zero-order valence-electron chi connectivity index (χ0n) is 17.3. The quantitative estimate of drug-likeness (QED) is 0.788. The zero-order chi connectivity index (χ0) is 19.7. The van der Waals surface area contributed by atoms with Crippen molar-refractivity contribution in [1.82, 2.24) is 20.0 Å². The number of carbonyl (C=O) groups excluding carboxylic acids is 1. The van der Waals surface area contributed by atoms with Gasteiger partial charge in [0.05, 0.1) is 11.7 Å². The van der Waals surface area contributed by atoms with Crippen molar-refractivity contribution in [3.63, 3.8) is 0 Å². The van der Waals surface area contributed by atoms with Crippen molar-refractivity contribution in [2.45, 2.75) is 65.5 Å². The lowest BCUT2D eigenvalue weighted by Gasteiger charge is -2.31. The van der Waals surface area contributed by atoms with Crippen LogP contribution in [0.5, 0.6) is 0 Å². The van der Waals surface area contributed by atoms with Gasteiger partial charge in [0.2, 0.25) is 0 Å². The summed E-state index contributed by atoms with van der Waals surface area (Å²) in [7, 11) is 0. The molecule has 1 amide bonds. The molecule has 28 heavy (non-hydrogen) atoms. The lowest BCUT2D eigenvalue weighted by Crippen LogP contribution is -2.33. The molecule has 2 fully saturated rings. The number of aryl methyl sites for hydroxylation is 2. The number of hydrogen-bond acceptors (Lipinski definition) is 4. The summed E-state index contributed by atoms with van der Waals surface area (Å²) in [4.78, 5) is 15.1. The van der Waals surface area contributed by atoms with E-state index in [1.54, 1.807) is 0 Å². The van der Waals surface area contributed by atoms with Crippen LogP contribution in [-0.4, -0.2) is 40.2 Å². The third kappa shape index (κ3) is 4.17. The molecule has 1 aliphatic carbocycles. The predicted octanol–water partition coefficient (Wildman–Crippen LogP) is 3.85. The second-order valence-electron chi connectivity index (χ2n) is 8.74. The summed E-state index contributed by atoms with van der Waals surface area (Å²) in [5, 5.41) is 7.66. The van der Waals surface area contributed by atoms with E-state index in [0.717, 1.165) is 43.9 Å². The minimum atomic E-state index is -0.114. The molecule has 1 saturated heterocycles. The smallest absolute Gasteiger partial charge is 0.287 e. The van der Waals surface area contributed by atoms with Gasteiger partial charge < -0.3 is 9.73 Å². The van der Waals surface area contributed by atoms with Crippen molar-refractivity contribution in [2.75, 3.05) is 19.6 Å². The molecular weight excluding hydrogens is 352 g/mol. The van der Waals surface area contributed by atoms with E-state index in [1.807, 2.05) is 19.1 Å². The summed E-state index contributed by atoms with van der Waals surface area (Å²) in [6, 6.07) is 6.09. The Morgan fingerprint density at radius 2 is 2.00 bits per heavy atom. The molecule has 2 aliphatic rings. The number of furan rings is 1. The van der Waals surface area contributed by atoms with Gasteiger partial charge in [0, 0.05) is 24.2 Å². The van der Waals surface area contributed by atoms with Crippen LogP contribution in [0.25, 0.3) is 0 Å². The largest absolute Gasteiger partial charge is 0.454 e. The molecule has 0 bridgehead atoms. The first-order valence-electron chi connectivity index (χ1n) is 10.6. The fourth-order valence-electron chi connectivity index (χ4n) is 4.26. The van der Waals surface area contributed by atoms with Gasteiger partial charge >= 0.3 is 0 Å². The fraction of sp³-hybridized carbons (Fsp3) is 0.636. The van der Waals surface area contributed by atoms with E-state index in [2.05, 4.69) is 39.9 Å². The molecule has 6 heteroatoms. The van der Waals surface area contributed by atoms with Crippen molar-refractivity contribution >= 4 is 5.91 Å². The third-order valence-corrected chi connectivity index (χ3v) is 6.37. The Morgan fingerprint density at radius 3 is 2.64 bits per heavy atom. The SMILES string of the molecule is Cc1cc(C)n(CC2(CNC(=O)c3ccc([C@@H](C)N4CCCCC4)o3)CC2)n1. The first kappa shape index (κ1) is 19.2. The number of piperidine rings is 1. The third-order valence-electron chi connectivity index (χ3n) is 6.37. The van der Waals surface area contributed by atoms with Crippen LogP contribution in [0, 0.1) is 19.3 Å². The highest BCUT2D eigenvalue weighted by atomic mass is 16.4. The summed E-state index contributed by atoms with van der Waals surface area (Å²) in [6.45, 7) is 10.0. The standard InChI is InChI=1S/C22H32N4O2/c1-16-13-17(2)26(24-16)15-22(9-10-22)14-23-21(27)20-8-7-19(28-20)18(3)25-11-5-4-6-12-25/h7-8,13,18H,4-6,9-12,14-15H2,1-3H3,(H,23,27)/t18-/m1/s1.